The first-order valence-corrected chi connectivity index (χ1v) is 8.58. The van der Waals surface area contributed by atoms with Gasteiger partial charge in [0.15, 0.2) is 0 Å². The largest absolute Gasteiger partial charge is 0.490 e. The van der Waals surface area contributed by atoms with Gasteiger partial charge >= 0.3 is 0 Å². The van der Waals surface area contributed by atoms with Crippen LogP contribution >= 0.6 is 0 Å². The zero-order valence-corrected chi connectivity index (χ0v) is 14.4. The molecule has 0 aromatic heterocycles. The molecule has 0 saturated heterocycles. The van der Waals surface area contributed by atoms with Gasteiger partial charge in [0.25, 0.3) is 5.91 Å². The Bertz CT molecular complexity index is 732. The lowest BCUT2D eigenvalue weighted by atomic mass is 10.00. The number of β-amino-alcohol motifs (C(OH)–C–C–N with tert-alkyl or cyclic N) is 1. The Labute approximate surface area is 148 Å². The van der Waals surface area contributed by atoms with E-state index in [0.29, 0.717) is 17.9 Å². The van der Waals surface area contributed by atoms with Gasteiger partial charge < -0.3 is 15.2 Å². The lowest BCUT2D eigenvalue weighted by molar-refractivity contribution is 0.0630. The van der Waals surface area contributed by atoms with Crippen molar-refractivity contribution in [1.82, 2.24) is 10.2 Å². The van der Waals surface area contributed by atoms with E-state index in [-0.39, 0.29) is 12.5 Å². The van der Waals surface area contributed by atoms with Crippen molar-refractivity contribution in [3.05, 3.63) is 65.2 Å². The van der Waals surface area contributed by atoms with Crippen LogP contribution in [0.1, 0.15) is 21.5 Å². The number of carbonyl (C=O) groups is 1. The molecule has 1 aliphatic heterocycles. The van der Waals surface area contributed by atoms with Crippen molar-refractivity contribution >= 4 is 5.91 Å². The number of fused-ring (bicyclic) bond motifs is 1. The van der Waals surface area contributed by atoms with Crippen molar-refractivity contribution in [2.24, 2.45) is 0 Å². The van der Waals surface area contributed by atoms with Crippen LogP contribution in [-0.2, 0) is 13.0 Å². The summed E-state index contributed by atoms with van der Waals surface area (Å²) in [5.74, 6) is 0.294. The lowest BCUT2D eigenvalue weighted by Gasteiger charge is -2.30. The molecule has 0 aliphatic carbocycles. The highest BCUT2D eigenvalue weighted by Crippen LogP contribution is 2.20. The first kappa shape index (κ1) is 17.5. The fraction of sp³-hybridized carbons (Fsp3) is 0.350. The van der Waals surface area contributed by atoms with Crippen LogP contribution in [0.25, 0.3) is 0 Å². The zero-order valence-electron chi connectivity index (χ0n) is 14.4. The number of ether oxygens (including phenoxy) is 1. The molecule has 1 amide bonds. The molecule has 0 bridgehead atoms. The number of hydrogen-bond acceptors (Lipinski definition) is 4. The van der Waals surface area contributed by atoms with Crippen molar-refractivity contribution < 1.29 is 14.6 Å². The standard InChI is InChI=1S/C20H24N2O3/c1-21-20(24)18-8-4-5-9-19(18)25-14-17(23)13-22-11-10-15-6-2-3-7-16(15)12-22/h2-9,17,23H,10-14H2,1H3,(H,21,24)/t17-/m1/s1. The molecule has 25 heavy (non-hydrogen) atoms. The van der Waals surface area contributed by atoms with Crippen molar-refractivity contribution in [2.75, 3.05) is 26.7 Å². The van der Waals surface area contributed by atoms with Gasteiger partial charge in [-0.3, -0.25) is 9.69 Å². The molecule has 0 saturated carbocycles. The van der Waals surface area contributed by atoms with Crippen LogP contribution in [0, 0.1) is 0 Å². The Kier molecular flexibility index (Phi) is 5.68. The SMILES string of the molecule is CNC(=O)c1ccccc1OC[C@H](O)CN1CCc2ccccc2C1. The summed E-state index contributed by atoms with van der Waals surface area (Å²) >= 11 is 0. The molecule has 132 valence electrons. The molecule has 0 spiro atoms. The van der Waals surface area contributed by atoms with Crippen LogP contribution in [-0.4, -0.2) is 48.8 Å². The van der Waals surface area contributed by atoms with Crippen LogP contribution in [0.2, 0.25) is 0 Å². The number of nitrogens with zero attached hydrogens (tertiary/aromatic N) is 1. The minimum absolute atomic E-state index is 0.159. The second-order valence-electron chi connectivity index (χ2n) is 6.29. The van der Waals surface area contributed by atoms with E-state index in [9.17, 15) is 9.90 Å². The van der Waals surface area contributed by atoms with Crippen molar-refractivity contribution in [3.63, 3.8) is 0 Å². The van der Waals surface area contributed by atoms with Gasteiger partial charge in [-0.05, 0) is 29.7 Å². The molecule has 2 aromatic rings. The first-order chi connectivity index (χ1) is 12.2. The fourth-order valence-corrected chi connectivity index (χ4v) is 3.16. The van der Waals surface area contributed by atoms with Gasteiger partial charge in [-0.1, -0.05) is 36.4 Å². The third-order valence-corrected chi connectivity index (χ3v) is 4.47. The maximum absolute atomic E-state index is 11.9. The van der Waals surface area contributed by atoms with Crippen LogP contribution in [0.15, 0.2) is 48.5 Å². The minimum atomic E-state index is -0.608. The molecule has 0 unspecified atom stereocenters. The number of carbonyl (C=O) groups excluding carboxylic acids is 1. The molecule has 1 atom stereocenters. The molecule has 1 aliphatic rings. The number of nitrogens with one attached hydrogen (secondary N) is 1. The van der Waals surface area contributed by atoms with Gasteiger partial charge in [0.1, 0.15) is 18.5 Å². The Morgan fingerprint density at radius 2 is 1.92 bits per heavy atom. The molecular formula is C20H24N2O3. The number of amides is 1. The number of hydrogen-bond donors (Lipinski definition) is 2. The van der Waals surface area contributed by atoms with Crippen LogP contribution in [0.4, 0.5) is 0 Å². The van der Waals surface area contributed by atoms with E-state index in [1.807, 2.05) is 6.07 Å². The summed E-state index contributed by atoms with van der Waals surface area (Å²) in [5, 5.41) is 12.9. The number of aliphatic hydroxyl groups excluding tert-OH is 1. The highest BCUT2D eigenvalue weighted by atomic mass is 16.5. The number of para-hydroxylation sites is 1. The van der Waals surface area contributed by atoms with Gasteiger partial charge in [-0.25, -0.2) is 0 Å². The molecule has 3 rings (SSSR count). The Hall–Kier alpha value is -2.37. The lowest BCUT2D eigenvalue weighted by Crippen LogP contribution is -2.38. The summed E-state index contributed by atoms with van der Waals surface area (Å²) in [6, 6.07) is 15.5. The Morgan fingerprint density at radius 3 is 2.72 bits per heavy atom. The summed E-state index contributed by atoms with van der Waals surface area (Å²) in [5.41, 5.74) is 3.19. The molecule has 2 N–H and O–H groups in total. The summed E-state index contributed by atoms with van der Waals surface area (Å²) < 4.78 is 5.70. The van der Waals surface area contributed by atoms with E-state index in [1.165, 1.54) is 11.1 Å². The Balaban J connectivity index is 1.54. The van der Waals surface area contributed by atoms with Gasteiger partial charge in [0, 0.05) is 26.7 Å². The summed E-state index contributed by atoms with van der Waals surface area (Å²) in [4.78, 5) is 14.1. The van der Waals surface area contributed by atoms with E-state index in [1.54, 1.807) is 25.2 Å². The summed E-state index contributed by atoms with van der Waals surface area (Å²) in [7, 11) is 1.59. The minimum Gasteiger partial charge on any atom is -0.490 e. The third kappa shape index (κ3) is 4.38. The topological polar surface area (TPSA) is 61.8 Å². The monoisotopic (exact) mass is 340 g/mol. The molecule has 1 heterocycles. The van der Waals surface area contributed by atoms with Gasteiger partial charge in [0.2, 0.25) is 0 Å². The van der Waals surface area contributed by atoms with E-state index >= 15 is 0 Å². The molecule has 0 fully saturated rings. The van der Waals surface area contributed by atoms with Gasteiger partial charge in [-0.15, -0.1) is 0 Å². The van der Waals surface area contributed by atoms with Crippen LogP contribution in [0.5, 0.6) is 5.75 Å². The summed E-state index contributed by atoms with van der Waals surface area (Å²) in [6.45, 7) is 2.49. The normalized spacial score (nSPS) is 15.3. The average molecular weight is 340 g/mol. The molecular weight excluding hydrogens is 316 g/mol. The zero-order chi connectivity index (χ0) is 17.6. The molecule has 2 aromatic carbocycles. The fourth-order valence-electron chi connectivity index (χ4n) is 3.16. The predicted octanol–water partition coefficient (Wildman–Crippen LogP) is 1.84. The van der Waals surface area contributed by atoms with E-state index in [4.69, 9.17) is 4.74 Å². The molecule has 0 radical (unpaired) electrons. The number of aliphatic hydroxyl groups is 1. The van der Waals surface area contributed by atoms with Crippen molar-refractivity contribution in [3.8, 4) is 5.75 Å². The van der Waals surface area contributed by atoms with Crippen molar-refractivity contribution in [1.29, 1.82) is 0 Å². The predicted molar refractivity (Wildman–Crippen MR) is 96.8 cm³/mol. The summed E-state index contributed by atoms with van der Waals surface area (Å²) in [6.07, 6.45) is 0.395. The van der Waals surface area contributed by atoms with E-state index in [0.717, 1.165) is 19.5 Å². The third-order valence-electron chi connectivity index (χ3n) is 4.47. The average Bonchev–Trinajstić information content (AvgIpc) is 2.66. The maximum Gasteiger partial charge on any atom is 0.254 e. The van der Waals surface area contributed by atoms with Gasteiger partial charge in [-0.2, -0.15) is 0 Å². The molecule has 5 nitrogen and oxygen atoms in total. The number of rotatable bonds is 6. The maximum atomic E-state index is 11.9. The second-order valence-corrected chi connectivity index (χ2v) is 6.29. The molecule has 5 heteroatoms. The number of benzene rings is 2. The highest BCUT2D eigenvalue weighted by molar-refractivity contribution is 5.96. The highest BCUT2D eigenvalue weighted by Gasteiger charge is 2.19. The first-order valence-electron chi connectivity index (χ1n) is 8.58. The van der Waals surface area contributed by atoms with Crippen LogP contribution < -0.4 is 10.1 Å². The van der Waals surface area contributed by atoms with Gasteiger partial charge in [0.05, 0.1) is 5.56 Å². The van der Waals surface area contributed by atoms with E-state index < -0.39 is 6.10 Å². The van der Waals surface area contributed by atoms with E-state index in [2.05, 4.69) is 34.5 Å². The smallest absolute Gasteiger partial charge is 0.254 e. The van der Waals surface area contributed by atoms with Crippen LogP contribution in [0.3, 0.4) is 0 Å². The second kappa shape index (κ2) is 8.14. The quantitative estimate of drug-likeness (QED) is 0.842. The van der Waals surface area contributed by atoms with Crippen molar-refractivity contribution in [2.45, 2.75) is 19.1 Å². The Morgan fingerprint density at radius 1 is 1.20 bits per heavy atom.